The van der Waals surface area contributed by atoms with Crippen molar-refractivity contribution in [3.8, 4) is 17.6 Å². The van der Waals surface area contributed by atoms with E-state index in [9.17, 15) is 0 Å². The largest absolute Gasteiger partial charge is 0.493 e. The molecule has 0 spiro atoms. The molecule has 0 aromatic heterocycles. The van der Waals surface area contributed by atoms with Gasteiger partial charge in [0.25, 0.3) is 0 Å². The maximum Gasteiger partial charge on any atom is 0.161 e. The van der Waals surface area contributed by atoms with E-state index in [0.717, 1.165) is 16.1 Å². The lowest BCUT2D eigenvalue weighted by molar-refractivity contribution is 0.290. The molecule has 5 heteroatoms. The van der Waals surface area contributed by atoms with E-state index in [1.54, 1.807) is 7.11 Å². The van der Waals surface area contributed by atoms with Gasteiger partial charge in [-0.05, 0) is 48.7 Å². The summed E-state index contributed by atoms with van der Waals surface area (Å²) < 4.78 is 11.1. The van der Waals surface area contributed by atoms with Crippen LogP contribution in [-0.4, -0.2) is 13.7 Å². The van der Waals surface area contributed by atoms with E-state index in [4.69, 9.17) is 26.3 Å². The van der Waals surface area contributed by atoms with E-state index in [1.165, 1.54) is 0 Å². The van der Waals surface area contributed by atoms with Gasteiger partial charge in [0.2, 0.25) is 0 Å². The summed E-state index contributed by atoms with van der Waals surface area (Å²) in [7, 11) is 1.62. The van der Waals surface area contributed by atoms with Gasteiger partial charge in [0.05, 0.1) is 19.8 Å². The van der Waals surface area contributed by atoms with Crippen LogP contribution in [0.1, 0.15) is 36.9 Å². The maximum atomic E-state index is 8.59. The fourth-order valence-corrected chi connectivity index (χ4v) is 2.64. The standard InChI is InChI=1S/C20H23ClN2O2/c1-15(17-6-5-7-18(21)13-17)23-14-16-8-9-19(24-2)20(12-16)25-11-4-3-10-22/h5-9,12-13,15,23H,3-4,11,14H2,1-2H3. The van der Waals surface area contributed by atoms with Crippen LogP contribution in [0, 0.1) is 11.3 Å². The number of unbranched alkanes of at least 4 members (excludes halogenated alkanes) is 1. The van der Waals surface area contributed by atoms with Crippen LogP contribution < -0.4 is 14.8 Å². The van der Waals surface area contributed by atoms with Crippen molar-refractivity contribution in [2.45, 2.75) is 32.4 Å². The molecule has 25 heavy (non-hydrogen) atoms. The zero-order chi connectivity index (χ0) is 18.1. The van der Waals surface area contributed by atoms with Gasteiger partial charge in [-0.15, -0.1) is 0 Å². The van der Waals surface area contributed by atoms with Crippen molar-refractivity contribution in [1.82, 2.24) is 5.32 Å². The summed E-state index contributed by atoms with van der Waals surface area (Å²) in [5.41, 5.74) is 2.25. The third-order valence-corrected chi connectivity index (χ3v) is 4.11. The molecule has 4 nitrogen and oxygen atoms in total. The van der Waals surface area contributed by atoms with Crippen molar-refractivity contribution in [2.24, 2.45) is 0 Å². The van der Waals surface area contributed by atoms with Crippen LogP contribution in [0.5, 0.6) is 11.5 Å². The topological polar surface area (TPSA) is 54.3 Å². The van der Waals surface area contributed by atoms with E-state index >= 15 is 0 Å². The van der Waals surface area contributed by atoms with Gasteiger partial charge in [-0.2, -0.15) is 5.26 Å². The van der Waals surface area contributed by atoms with Gasteiger partial charge in [-0.25, -0.2) is 0 Å². The number of benzene rings is 2. The minimum absolute atomic E-state index is 0.181. The minimum atomic E-state index is 0.181. The normalized spacial score (nSPS) is 11.6. The predicted molar refractivity (Wildman–Crippen MR) is 100 cm³/mol. The molecule has 1 unspecified atom stereocenters. The van der Waals surface area contributed by atoms with Crippen LogP contribution >= 0.6 is 11.6 Å². The second-order valence-corrected chi connectivity index (χ2v) is 6.19. The number of rotatable bonds is 9. The highest BCUT2D eigenvalue weighted by Crippen LogP contribution is 2.28. The summed E-state index contributed by atoms with van der Waals surface area (Å²) >= 11 is 6.05. The Balaban J connectivity index is 1.98. The Labute approximate surface area is 154 Å². The van der Waals surface area contributed by atoms with Crippen LogP contribution in [0.4, 0.5) is 0 Å². The number of halogens is 1. The van der Waals surface area contributed by atoms with Crippen molar-refractivity contribution < 1.29 is 9.47 Å². The lowest BCUT2D eigenvalue weighted by atomic mass is 10.1. The zero-order valence-corrected chi connectivity index (χ0v) is 15.3. The molecular formula is C20H23ClN2O2. The summed E-state index contributed by atoms with van der Waals surface area (Å²) in [6.07, 6.45) is 1.19. The fraction of sp³-hybridized carbons (Fsp3) is 0.350. The van der Waals surface area contributed by atoms with Crippen LogP contribution in [-0.2, 0) is 6.54 Å². The Morgan fingerprint density at radius 2 is 2.04 bits per heavy atom. The van der Waals surface area contributed by atoms with Crippen molar-refractivity contribution in [3.05, 3.63) is 58.6 Å². The SMILES string of the molecule is COc1ccc(CNC(C)c2cccc(Cl)c2)cc1OCCCC#N. The quantitative estimate of drug-likeness (QED) is 0.649. The van der Waals surface area contributed by atoms with E-state index in [0.29, 0.717) is 37.5 Å². The van der Waals surface area contributed by atoms with E-state index in [-0.39, 0.29) is 6.04 Å². The smallest absolute Gasteiger partial charge is 0.161 e. The highest BCUT2D eigenvalue weighted by atomic mass is 35.5. The number of nitrogens with zero attached hydrogens (tertiary/aromatic N) is 1. The number of hydrogen-bond acceptors (Lipinski definition) is 4. The third-order valence-electron chi connectivity index (χ3n) is 3.88. The van der Waals surface area contributed by atoms with Gasteiger partial charge in [0.1, 0.15) is 0 Å². The molecule has 0 heterocycles. The van der Waals surface area contributed by atoms with Crippen LogP contribution in [0.25, 0.3) is 0 Å². The lowest BCUT2D eigenvalue weighted by Crippen LogP contribution is -2.18. The van der Waals surface area contributed by atoms with Crippen LogP contribution in [0.3, 0.4) is 0 Å². The molecule has 2 aromatic carbocycles. The molecule has 132 valence electrons. The molecule has 0 amide bonds. The van der Waals surface area contributed by atoms with Gasteiger partial charge >= 0.3 is 0 Å². The molecule has 2 aromatic rings. The van der Waals surface area contributed by atoms with Crippen molar-refractivity contribution >= 4 is 11.6 Å². The summed E-state index contributed by atoms with van der Waals surface area (Å²) in [5, 5.41) is 12.8. The van der Waals surface area contributed by atoms with Gasteiger partial charge in [-0.3, -0.25) is 0 Å². The monoisotopic (exact) mass is 358 g/mol. The number of nitriles is 1. The minimum Gasteiger partial charge on any atom is -0.493 e. The molecule has 0 aliphatic rings. The Morgan fingerprint density at radius 3 is 2.76 bits per heavy atom. The summed E-state index contributed by atoms with van der Waals surface area (Å²) in [5.74, 6) is 1.40. The van der Waals surface area contributed by atoms with E-state index in [2.05, 4.69) is 24.4 Å². The fourth-order valence-electron chi connectivity index (χ4n) is 2.44. The molecule has 0 fully saturated rings. The number of methoxy groups -OCH3 is 1. The van der Waals surface area contributed by atoms with Gasteiger partial charge in [0, 0.05) is 24.0 Å². The average Bonchev–Trinajstić information content (AvgIpc) is 2.63. The highest BCUT2D eigenvalue weighted by Gasteiger charge is 2.09. The first-order valence-corrected chi connectivity index (χ1v) is 8.67. The molecule has 2 rings (SSSR count). The van der Waals surface area contributed by atoms with Crippen molar-refractivity contribution in [1.29, 1.82) is 5.26 Å². The van der Waals surface area contributed by atoms with Gasteiger partial charge in [0.15, 0.2) is 11.5 Å². The summed E-state index contributed by atoms with van der Waals surface area (Å²) in [4.78, 5) is 0. The maximum absolute atomic E-state index is 8.59. The van der Waals surface area contributed by atoms with E-state index in [1.807, 2.05) is 36.4 Å². The van der Waals surface area contributed by atoms with Crippen LogP contribution in [0.2, 0.25) is 5.02 Å². The average molecular weight is 359 g/mol. The number of hydrogen-bond donors (Lipinski definition) is 1. The molecule has 0 radical (unpaired) electrons. The third kappa shape index (κ3) is 5.97. The van der Waals surface area contributed by atoms with Crippen LogP contribution in [0.15, 0.2) is 42.5 Å². The lowest BCUT2D eigenvalue weighted by Gasteiger charge is -2.16. The van der Waals surface area contributed by atoms with Crippen molar-refractivity contribution in [3.63, 3.8) is 0 Å². The molecular weight excluding hydrogens is 336 g/mol. The number of ether oxygens (including phenoxy) is 2. The Bertz CT molecular complexity index is 728. The predicted octanol–water partition coefficient (Wildman–Crippen LogP) is 4.88. The molecule has 1 N–H and O–H groups in total. The first kappa shape index (κ1) is 19.1. The molecule has 0 aliphatic carbocycles. The van der Waals surface area contributed by atoms with Gasteiger partial charge in [-0.1, -0.05) is 29.8 Å². The van der Waals surface area contributed by atoms with E-state index < -0.39 is 0 Å². The van der Waals surface area contributed by atoms with Gasteiger partial charge < -0.3 is 14.8 Å². The molecule has 0 saturated carbocycles. The Hall–Kier alpha value is -2.22. The zero-order valence-electron chi connectivity index (χ0n) is 14.6. The second kappa shape index (κ2) is 9.93. The molecule has 0 bridgehead atoms. The first-order chi connectivity index (χ1) is 12.1. The Morgan fingerprint density at radius 1 is 1.20 bits per heavy atom. The summed E-state index contributed by atoms with van der Waals surface area (Å²) in [6, 6.07) is 16.0. The molecule has 1 atom stereocenters. The second-order valence-electron chi connectivity index (χ2n) is 5.75. The van der Waals surface area contributed by atoms with Crippen molar-refractivity contribution in [2.75, 3.05) is 13.7 Å². The highest BCUT2D eigenvalue weighted by molar-refractivity contribution is 6.30. The molecule has 0 aliphatic heterocycles. The Kier molecular flexibility index (Phi) is 7.59. The molecule has 0 saturated heterocycles. The first-order valence-electron chi connectivity index (χ1n) is 8.29. The summed E-state index contributed by atoms with van der Waals surface area (Å²) in [6.45, 7) is 3.31. The number of nitrogens with one attached hydrogen (secondary N) is 1.